The number of amides is 1. The van der Waals surface area contributed by atoms with E-state index in [1.807, 2.05) is 4.90 Å². The van der Waals surface area contributed by atoms with E-state index in [9.17, 15) is 9.59 Å². The molecule has 0 aromatic carbocycles. The SMILES string of the molecule is CC(=O)NCC1CCN(c2nc(Cl)c(C(=O)O)s2)CC1. The fourth-order valence-electron chi connectivity index (χ4n) is 2.17. The number of hydrogen-bond donors (Lipinski definition) is 2. The van der Waals surface area contributed by atoms with Gasteiger partial charge in [-0.25, -0.2) is 9.78 Å². The van der Waals surface area contributed by atoms with E-state index in [-0.39, 0.29) is 15.9 Å². The number of nitrogens with one attached hydrogen (secondary N) is 1. The molecule has 1 fully saturated rings. The molecule has 110 valence electrons. The minimum atomic E-state index is -1.04. The summed E-state index contributed by atoms with van der Waals surface area (Å²) in [5.74, 6) is -0.589. The van der Waals surface area contributed by atoms with Crippen molar-refractivity contribution in [1.82, 2.24) is 10.3 Å². The summed E-state index contributed by atoms with van der Waals surface area (Å²) in [5, 5.41) is 12.5. The number of carbonyl (C=O) groups is 2. The molecule has 1 aromatic rings. The number of aromatic carboxylic acids is 1. The number of piperidine rings is 1. The van der Waals surface area contributed by atoms with Gasteiger partial charge in [-0.2, -0.15) is 0 Å². The summed E-state index contributed by atoms with van der Waals surface area (Å²) >= 11 is 6.92. The molecule has 0 bridgehead atoms. The van der Waals surface area contributed by atoms with Crippen LogP contribution in [-0.4, -0.2) is 41.6 Å². The van der Waals surface area contributed by atoms with Crippen LogP contribution in [0.1, 0.15) is 29.4 Å². The van der Waals surface area contributed by atoms with Gasteiger partial charge in [-0.15, -0.1) is 0 Å². The summed E-state index contributed by atoms with van der Waals surface area (Å²) in [4.78, 5) is 28.1. The number of rotatable bonds is 4. The van der Waals surface area contributed by atoms with E-state index in [0.717, 1.165) is 37.3 Å². The van der Waals surface area contributed by atoms with Crippen LogP contribution in [0.4, 0.5) is 5.13 Å². The third-order valence-corrected chi connectivity index (χ3v) is 4.78. The van der Waals surface area contributed by atoms with Crippen LogP contribution in [0.15, 0.2) is 0 Å². The van der Waals surface area contributed by atoms with Gasteiger partial charge < -0.3 is 15.3 Å². The zero-order chi connectivity index (χ0) is 14.7. The number of anilines is 1. The third kappa shape index (κ3) is 3.61. The molecule has 2 rings (SSSR count). The van der Waals surface area contributed by atoms with Crippen molar-refractivity contribution in [2.45, 2.75) is 19.8 Å². The number of thiazole rings is 1. The van der Waals surface area contributed by atoms with Crippen LogP contribution in [0.5, 0.6) is 0 Å². The second kappa shape index (κ2) is 6.41. The Labute approximate surface area is 125 Å². The topological polar surface area (TPSA) is 82.5 Å². The second-order valence-electron chi connectivity index (χ2n) is 4.79. The minimum Gasteiger partial charge on any atom is -0.477 e. The van der Waals surface area contributed by atoms with E-state index in [1.165, 1.54) is 6.92 Å². The predicted octanol–water partition coefficient (Wildman–Crippen LogP) is 1.85. The van der Waals surface area contributed by atoms with Gasteiger partial charge in [-0.05, 0) is 18.8 Å². The van der Waals surface area contributed by atoms with E-state index < -0.39 is 5.97 Å². The molecule has 1 aliphatic heterocycles. The lowest BCUT2D eigenvalue weighted by Gasteiger charge is -2.31. The highest BCUT2D eigenvalue weighted by molar-refractivity contribution is 7.18. The van der Waals surface area contributed by atoms with Gasteiger partial charge in [-0.1, -0.05) is 22.9 Å². The highest BCUT2D eigenvalue weighted by atomic mass is 35.5. The Morgan fingerprint density at radius 3 is 2.65 bits per heavy atom. The molecule has 6 nitrogen and oxygen atoms in total. The Morgan fingerprint density at radius 2 is 2.15 bits per heavy atom. The highest BCUT2D eigenvalue weighted by Crippen LogP contribution is 2.32. The van der Waals surface area contributed by atoms with Crippen LogP contribution in [0.3, 0.4) is 0 Å². The molecule has 1 aliphatic rings. The summed E-state index contributed by atoms with van der Waals surface area (Å²) < 4.78 is 0. The molecule has 2 N–H and O–H groups in total. The fraction of sp³-hybridized carbons (Fsp3) is 0.583. The molecule has 20 heavy (non-hydrogen) atoms. The van der Waals surface area contributed by atoms with Crippen molar-refractivity contribution in [3.8, 4) is 0 Å². The van der Waals surface area contributed by atoms with Crippen LogP contribution in [0.2, 0.25) is 5.15 Å². The van der Waals surface area contributed by atoms with Gasteiger partial charge in [0.05, 0.1) is 0 Å². The molecule has 0 saturated carbocycles. The monoisotopic (exact) mass is 317 g/mol. The van der Waals surface area contributed by atoms with Gasteiger partial charge in [0.2, 0.25) is 5.91 Å². The Morgan fingerprint density at radius 1 is 1.50 bits per heavy atom. The lowest BCUT2D eigenvalue weighted by atomic mass is 9.97. The van der Waals surface area contributed by atoms with Crippen molar-refractivity contribution in [3.63, 3.8) is 0 Å². The van der Waals surface area contributed by atoms with E-state index in [4.69, 9.17) is 16.7 Å². The number of aromatic nitrogens is 1. The molecular weight excluding hydrogens is 302 g/mol. The van der Waals surface area contributed by atoms with Gasteiger partial charge in [0.15, 0.2) is 15.2 Å². The maximum absolute atomic E-state index is 10.9. The van der Waals surface area contributed by atoms with E-state index in [1.54, 1.807) is 0 Å². The highest BCUT2D eigenvalue weighted by Gasteiger charge is 2.24. The van der Waals surface area contributed by atoms with Gasteiger partial charge in [0, 0.05) is 26.6 Å². The molecule has 0 radical (unpaired) electrons. The smallest absolute Gasteiger partial charge is 0.349 e. The number of halogens is 1. The van der Waals surface area contributed by atoms with Crippen molar-refractivity contribution in [3.05, 3.63) is 10.0 Å². The van der Waals surface area contributed by atoms with Gasteiger partial charge in [0.1, 0.15) is 0 Å². The molecular formula is C12H16ClN3O3S. The number of nitrogens with zero attached hydrogens (tertiary/aromatic N) is 2. The lowest BCUT2D eigenvalue weighted by molar-refractivity contribution is -0.119. The largest absolute Gasteiger partial charge is 0.477 e. The van der Waals surface area contributed by atoms with E-state index >= 15 is 0 Å². The molecule has 0 aliphatic carbocycles. The molecule has 2 heterocycles. The zero-order valence-corrected chi connectivity index (χ0v) is 12.6. The van der Waals surface area contributed by atoms with Crippen LogP contribution in [0.25, 0.3) is 0 Å². The Kier molecular flexibility index (Phi) is 4.82. The first-order chi connectivity index (χ1) is 9.47. The molecule has 1 saturated heterocycles. The second-order valence-corrected chi connectivity index (χ2v) is 6.12. The number of carboxylic acids is 1. The molecule has 1 aromatic heterocycles. The maximum Gasteiger partial charge on any atom is 0.349 e. The summed E-state index contributed by atoms with van der Waals surface area (Å²) in [6.45, 7) is 3.81. The number of carboxylic acid groups (broad SMARTS) is 1. The molecule has 0 unspecified atom stereocenters. The van der Waals surface area contributed by atoms with Crippen LogP contribution in [-0.2, 0) is 4.79 Å². The van der Waals surface area contributed by atoms with Crippen LogP contribution in [0, 0.1) is 5.92 Å². The van der Waals surface area contributed by atoms with Gasteiger partial charge >= 0.3 is 5.97 Å². The molecule has 1 amide bonds. The fourth-order valence-corrected chi connectivity index (χ4v) is 3.35. The first-order valence-corrected chi connectivity index (χ1v) is 7.56. The Hall–Kier alpha value is -1.34. The Bertz CT molecular complexity index is 512. The summed E-state index contributed by atoms with van der Waals surface area (Å²) in [7, 11) is 0. The van der Waals surface area contributed by atoms with Crippen molar-refractivity contribution in [2.24, 2.45) is 5.92 Å². The number of hydrogen-bond acceptors (Lipinski definition) is 5. The minimum absolute atomic E-state index is 0.00904. The molecule has 8 heteroatoms. The molecule has 0 atom stereocenters. The van der Waals surface area contributed by atoms with Crippen molar-refractivity contribution < 1.29 is 14.7 Å². The van der Waals surface area contributed by atoms with Gasteiger partial charge in [0.25, 0.3) is 0 Å². The van der Waals surface area contributed by atoms with Crippen molar-refractivity contribution in [2.75, 3.05) is 24.5 Å². The summed E-state index contributed by atoms with van der Waals surface area (Å²) in [6.07, 6.45) is 1.89. The quantitative estimate of drug-likeness (QED) is 0.885. The zero-order valence-electron chi connectivity index (χ0n) is 11.1. The van der Waals surface area contributed by atoms with Crippen LogP contribution < -0.4 is 10.2 Å². The number of carbonyl (C=O) groups excluding carboxylic acids is 1. The first-order valence-electron chi connectivity index (χ1n) is 6.36. The molecule has 0 spiro atoms. The summed E-state index contributed by atoms with van der Waals surface area (Å²) in [5.41, 5.74) is 0. The third-order valence-electron chi connectivity index (χ3n) is 3.29. The normalized spacial score (nSPS) is 16.2. The maximum atomic E-state index is 10.9. The summed E-state index contributed by atoms with van der Waals surface area (Å²) in [6, 6.07) is 0. The predicted molar refractivity (Wildman–Crippen MR) is 77.7 cm³/mol. The van der Waals surface area contributed by atoms with Gasteiger partial charge in [-0.3, -0.25) is 4.79 Å². The lowest BCUT2D eigenvalue weighted by Crippen LogP contribution is -2.38. The first kappa shape index (κ1) is 15.1. The van der Waals surface area contributed by atoms with E-state index in [0.29, 0.717) is 17.6 Å². The van der Waals surface area contributed by atoms with E-state index in [2.05, 4.69) is 10.3 Å². The van der Waals surface area contributed by atoms with Crippen molar-refractivity contribution >= 4 is 39.9 Å². The average Bonchev–Trinajstić information content (AvgIpc) is 2.79. The Balaban J connectivity index is 1.92. The standard InChI is InChI=1S/C12H16ClN3O3S/c1-7(17)14-6-8-2-4-16(5-3-8)12-15-10(13)9(20-12)11(18)19/h8H,2-6H2,1H3,(H,14,17)(H,18,19). The van der Waals surface area contributed by atoms with Crippen molar-refractivity contribution in [1.29, 1.82) is 0 Å². The van der Waals surface area contributed by atoms with Crippen LogP contribution >= 0.6 is 22.9 Å². The average molecular weight is 318 g/mol.